The van der Waals surface area contributed by atoms with Gasteiger partial charge in [0.05, 0.1) is 25.4 Å². The summed E-state index contributed by atoms with van der Waals surface area (Å²) in [5.41, 5.74) is 0. The molecule has 2 unspecified atom stereocenters. The summed E-state index contributed by atoms with van der Waals surface area (Å²) >= 11 is 0. The Morgan fingerprint density at radius 3 is 1.11 bits per heavy atom. The molecule has 6 heteroatoms. The van der Waals surface area contributed by atoms with Gasteiger partial charge in [-0.25, -0.2) is 0 Å². The predicted octanol–water partition coefficient (Wildman–Crippen LogP) is 19.6. The number of rotatable bonds is 58. The zero-order valence-electron chi connectivity index (χ0n) is 47.0. The summed E-state index contributed by atoms with van der Waals surface area (Å²) in [6.07, 6.45) is 74.6. The fraction of sp³-hybridized carbons (Fsp3) is 0.875. The smallest absolute Gasteiger partial charge is 0.305 e. The number of ether oxygens (including phenoxy) is 1. The van der Waals surface area contributed by atoms with Gasteiger partial charge < -0.3 is 20.3 Å². The Morgan fingerprint density at radius 1 is 0.400 bits per heavy atom. The monoisotopic (exact) mass is 984 g/mol. The maximum atomic E-state index is 12.5. The minimum Gasteiger partial charge on any atom is -0.466 e. The molecule has 0 saturated heterocycles. The van der Waals surface area contributed by atoms with E-state index < -0.39 is 12.1 Å². The van der Waals surface area contributed by atoms with Crippen LogP contribution in [0.1, 0.15) is 335 Å². The van der Waals surface area contributed by atoms with Gasteiger partial charge in [-0.15, -0.1) is 0 Å². The van der Waals surface area contributed by atoms with Crippen molar-refractivity contribution < 1.29 is 24.5 Å². The third-order valence-electron chi connectivity index (χ3n) is 14.4. The Hall–Kier alpha value is -1.92. The molecule has 3 N–H and O–H groups in total. The Balaban J connectivity index is 3.46. The summed E-state index contributed by atoms with van der Waals surface area (Å²) < 4.78 is 5.47. The Morgan fingerprint density at radius 2 is 0.714 bits per heavy atom. The average Bonchev–Trinajstić information content (AvgIpc) is 3.36. The molecule has 0 aromatic heterocycles. The number of carbonyl (C=O) groups is 2. The third kappa shape index (κ3) is 55.4. The van der Waals surface area contributed by atoms with Gasteiger partial charge in [0.15, 0.2) is 0 Å². The van der Waals surface area contributed by atoms with Crippen LogP contribution in [0, 0.1) is 0 Å². The van der Waals surface area contributed by atoms with Crippen molar-refractivity contribution in [3.05, 3.63) is 36.5 Å². The van der Waals surface area contributed by atoms with Crippen LogP contribution in [-0.2, 0) is 14.3 Å². The van der Waals surface area contributed by atoms with E-state index in [0.717, 1.165) is 51.4 Å². The van der Waals surface area contributed by atoms with Crippen LogP contribution < -0.4 is 5.32 Å². The number of esters is 1. The summed E-state index contributed by atoms with van der Waals surface area (Å²) in [5, 5.41) is 23.2. The highest BCUT2D eigenvalue weighted by Gasteiger charge is 2.18. The van der Waals surface area contributed by atoms with Crippen LogP contribution in [0.15, 0.2) is 36.5 Å². The zero-order chi connectivity index (χ0) is 50.7. The summed E-state index contributed by atoms with van der Waals surface area (Å²) in [7, 11) is 0. The standard InChI is InChI=1S/C64H121NO5/c1-3-5-7-9-11-13-15-17-19-20-21-22-23-25-29-32-36-40-44-48-52-56-62(67)61(60-66)65-63(68)57-53-49-45-41-37-33-30-26-24-27-31-35-39-43-47-51-55-59-70-64(69)58-54-50-46-42-38-34-28-18-16-14-12-10-8-6-4-2/h12,14,18,28,52,56,61-62,66-67H,3-11,13,15-17,19-27,29-51,53-55,57-60H2,1-2H3,(H,65,68)/b14-12-,28-18-,56-52+. The second-order valence-electron chi connectivity index (χ2n) is 21.4. The first kappa shape index (κ1) is 68.1. The molecule has 0 aromatic rings. The minimum atomic E-state index is -0.850. The number of amides is 1. The molecule has 2 atom stereocenters. The average molecular weight is 985 g/mol. The van der Waals surface area contributed by atoms with Gasteiger partial charge in [0.2, 0.25) is 5.91 Å². The van der Waals surface area contributed by atoms with E-state index in [0.29, 0.717) is 19.4 Å². The van der Waals surface area contributed by atoms with Crippen molar-refractivity contribution in [2.45, 2.75) is 347 Å². The number of nitrogens with one attached hydrogen (secondary N) is 1. The number of aliphatic hydroxyl groups is 2. The molecule has 6 nitrogen and oxygen atoms in total. The minimum absolute atomic E-state index is 0.00924. The largest absolute Gasteiger partial charge is 0.466 e. The number of hydrogen-bond acceptors (Lipinski definition) is 5. The molecule has 1 amide bonds. The van der Waals surface area contributed by atoms with Gasteiger partial charge in [0.25, 0.3) is 0 Å². The maximum absolute atomic E-state index is 12.5. The third-order valence-corrected chi connectivity index (χ3v) is 14.4. The highest BCUT2D eigenvalue weighted by molar-refractivity contribution is 5.76. The second-order valence-corrected chi connectivity index (χ2v) is 21.4. The van der Waals surface area contributed by atoms with Gasteiger partial charge in [-0.2, -0.15) is 0 Å². The Labute approximate surface area is 436 Å². The van der Waals surface area contributed by atoms with Crippen molar-refractivity contribution in [3.63, 3.8) is 0 Å². The van der Waals surface area contributed by atoms with Crippen molar-refractivity contribution in [1.29, 1.82) is 0 Å². The van der Waals surface area contributed by atoms with Crippen molar-refractivity contribution in [2.75, 3.05) is 13.2 Å². The lowest BCUT2D eigenvalue weighted by Gasteiger charge is -2.20. The quantitative estimate of drug-likeness (QED) is 0.0321. The number of allylic oxidation sites excluding steroid dienone is 5. The van der Waals surface area contributed by atoms with Gasteiger partial charge in [-0.3, -0.25) is 9.59 Å². The normalized spacial score (nSPS) is 12.8. The highest BCUT2D eigenvalue weighted by Crippen LogP contribution is 2.17. The predicted molar refractivity (Wildman–Crippen MR) is 306 cm³/mol. The van der Waals surface area contributed by atoms with Crippen LogP contribution in [-0.4, -0.2) is 47.4 Å². The lowest BCUT2D eigenvalue weighted by atomic mass is 10.0. The van der Waals surface area contributed by atoms with Crippen LogP contribution in [0.4, 0.5) is 0 Å². The molecule has 0 aliphatic rings. The molecule has 0 rings (SSSR count). The number of aliphatic hydroxyl groups excluding tert-OH is 2. The Bertz CT molecular complexity index is 1130. The first-order valence-corrected chi connectivity index (χ1v) is 31.3. The van der Waals surface area contributed by atoms with E-state index in [2.05, 4.69) is 43.5 Å². The van der Waals surface area contributed by atoms with Crippen LogP contribution in [0.5, 0.6) is 0 Å². The molecule has 0 spiro atoms. The molecule has 0 bridgehead atoms. The molecule has 0 fully saturated rings. The van der Waals surface area contributed by atoms with Crippen LogP contribution in [0.25, 0.3) is 0 Å². The van der Waals surface area contributed by atoms with Crippen molar-refractivity contribution in [1.82, 2.24) is 5.32 Å². The van der Waals surface area contributed by atoms with Crippen molar-refractivity contribution in [2.24, 2.45) is 0 Å². The molecule has 412 valence electrons. The molecular formula is C64H121NO5. The SMILES string of the molecule is CCCCC/C=C\C/C=C\CCCCCCCC(=O)OCCCCCCCCCCCCCCCCCCCC(=O)NC(CO)C(O)/C=C/CCCCCCCCCCCCCCCCCCCCC. The first-order valence-electron chi connectivity index (χ1n) is 31.3. The molecule has 0 radical (unpaired) electrons. The van der Waals surface area contributed by atoms with E-state index in [1.165, 1.54) is 257 Å². The van der Waals surface area contributed by atoms with E-state index >= 15 is 0 Å². The highest BCUT2D eigenvalue weighted by atomic mass is 16.5. The fourth-order valence-electron chi connectivity index (χ4n) is 9.61. The lowest BCUT2D eigenvalue weighted by Crippen LogP contribution is -2.45. The molecule has 0 aliphatic heterocycles. The molecule has 0 saturated carbocycles. The van der Waals surface area contributed by atoms with Gasteiger partial charge >= 0.3 is 5.97 Å². The summed E-state index contributed by atoms with van der Waals surface area (Å²) in [4.78, 5) is 24.6. The Kier molecular flexibility index (Phi) is 58.0. The van der Waals surface area contributed by atoms with Gasteiger partial charge in [0.1, 0.15) is 0 Å². The second kappa shape index (κ2) is 59.6. The van der Waals surface area contributed by atoms with Gasteiger partial charge in [-0.1, -0.05) is 294 Å². The molecule has 0 heterocycles. The topological polar surface area (TPSA) is 95.9 Å². The van der Waals surface area contributed by atoms with E-state index in [1.807, 2.05) is 6.08 Å². The summed E-state index contributed by atoms with van der Waals surface area (Å²) in [6, 6.07) is -0.634. The number of hydrogen-bond donors (Lipinski definition) is 3. The summed E-state index contributed by atoms with van der Waals surface area (Å²) in [6.45, 7) is 4.88. The number of unbranched alkanes of at least 4 members (excludes halogenated alkanes) is 43. The zero-order valence-corrected chi connectivity index (χ0v) is 47.0. The first-order chi connectivity index (χ1) is 34.5. The molecule has 0 aliphatic carbocycles. The van der Waals surface area contributed by atoms with E-state index in [1.54, 1.807) is 6.08 Å². The fourth-order valence-corrected chi connectivity index (χ4v) is 9.61. The van der Waals surface area contributed by atoms with E-state index in [4.69, 9.17) is 4.74 Å². The summed E-state index contributed by atoms with van der Waals surface area (Å²) in [5.74, 6) is -0.0804. The number of carbonyl (C=O) groups excluding carboxylic acids is 2. The molecule has 70 heavy (non-hydrogen) atoms. The van der Waals surface area contributed by atoms with Gasteiger partial charge in [-0.05, 0) is 64.2 Å². The van der Waals surface area contributed by atoms with Gasteiger partial charge in [0, 0.05) is 12.8 Å². The molecular weight excluding hydrogens is 863 g/mol. The molecule has 0 aromatic carbocycles. The lowest BCUT2D eigenvalue weighted by molar-refractivity contribution is -0.143. The van der Waals surface area contributed by atoms with Crippen molar-refractivity contribution in [3.8, 4) is 0 Å². The maximum Gasteiger partial charge on any atom is 0.305 e. The van der Waals surface area contributed by atoms with Crippen LogP contribution in [0.3, 0.4) is 0 Å². The van der Waals surface area contributed by atoms with E-state index in [9.17, 15) is 19.8 Å². The van der Waals surface area contributed by atoms with Crippen molar-refractivity contribution >= 4 is 11.9 Å². The van der Waals surface area contributed by atoms with Crippen LogP contribution >= 0.6 is 0 Å². The van der Waals surface area contributed by atoms with Crippen LogP contribution in [0.2, 0.25) is 0 Å². The van der Waals surface area contributed by atoms with E-state index in [-0.39, 0.29) is 18.5 Å².